The van der Waals surface area contributed by atoms with Crippen LogP contribution in [0.25, 0.3) is 10.9 Å². The monoisotopic (exact) mass is 352 g/mol. The molecule has 0 amide bonds. The maximum atomic E-state index is 6.22. The molecule has 5 rings (SSSR count). The summed E-state index contributed by atoms with van der Waals surface area (Å²) in [5.41, 5.74) is 4.82. The molecule has 4 nitrogen and oxygen atoms in total. The van der Waals surface area contributed by atoms with E-state index in [-0.39, 0.29) is 6.04 Å². The van der Waals surface area contributed by atoms with Gasteiger partial charge in [-0.1, -0.05) is 11.6 Å². The second kappa shape index (κ2) is 5.83. The summed E-state index contributed by atoms with van der Waals surface area (Å²) in [5.74, 6) is 0.946. The second-order valence-electron chi connectivity index (χ2n) is 6.48. The average Bonchev–Trinajstić information content (AvgIpc) is 3.35. The lowest BCUT2D eigenvalue weighted by Crippen LogP contribution is -2.35. The highest BCUT2D eigenvalue weighted by molar-refractivity contribution is 6.31. The summed E-state index contributed by atoms with van der Waals surface area (Å²) in [6, 6.07) is 12.1. The van der Waals surface area contributed by atoms with Crippen molar-refractivity contribution >= 4 is 22.5 Å². The molecule has 3 aromatic heterocycles. The molecule has 5 heteroatoms. The normalized spacial score (nSPS) is 17.9. The Hall–Kier alpha value is -2.43. The first-order valence-electron chi connectivity index (χ1n) is 8.38. The van der Waals surface area contributed by atoms with E-state index in [1.165, 1.54) is 22.2 Å². The molecular formula is C20H17ClN2O2. The number of furan rings is 2. The number of nitrogens with zero attached hydrogens (tertiary/aromatic N) is 1. The Morgan fingerprint density at radius 1 is 1.20 bits per heavy atom. The van der Waals surface area contributed by atoms with Crippen molar-refractivity contribution in [2.45, 2.75) is 19.0 Å². The Morgan fingerprint density at radius 3 is 2.96 bits per heavy atom. The summed E-state index contributed by atoms with van der Waals surface area (Å²) in [7, 11) is 0. The van der Waals surface area contributed by atoms with Crippen molar-refractivity contribution in [2.24, 2.45) is 0 Å². The highest BCUT2D eigenvalue weighted by Gasteiger charge is 2.33. The molecule has 0 radical (unpaired) electrons. The quantitative estimate of drug-likeness (QED) is 0.554. The van der Waals surface area contributed by atoms with Crippen LogP contribution in [0.2, 0.25) is 5.02 Å². The number of halogens is 1. The third-order valence-corrected chi connectivity index (χ3v) is 5.20. The SMILES string of the molecule is Clc1ccc2[nH]c3c(c2c1)CCN(Cc1ccoc1)C3c1ccco1. The molecule has 25 heavy (non-hydrogen) atoms. The molecule has 0 aliphatic carbocycles. The van der Waals surface area contributed by atoms with E-state index in [9.17, 15) is 0 Å². The number of aromatic nitrogens is 1. The van der Waals surface area contributed by atoms with Crippen LogP contribution in [0.5, 0.6) is 0 Å². The van der Waals surface area contributed by atoms with Crippen LogP contribution in [-0.4, -0.2) is 16.4 Å². The number of fused-ring (bicyclic) bond motifs is 3. The minimum absolute atomic E-state index is 0.0554. The first-order chi connectivity index (χ1) is 12.3. The van der Waals surface area contributed by atoms with Crippen molar-refractivity contribution in [3.05, 3.63) is 82.8 Å². The molecule has 126 valence electrons. The fraction of sp³-hybridized carbons (Fsp3) is 0.200. The van der Waals surface area contributed by atoms with Crippen LogP contribution in [-0.2, 0) is 13.0 Å². The van der Waals surface area contributed by atoms with E-state index in [0.29, 0.717) is 0 Å². The Labute approximate surface area is 150 Å². The van der Waals surface area contributed by atoms with Crippen LogP contribution >= 0.6 is 11.6 Å². The minimum Gasteiger partial charge on any atom is -0.472 e. The van der Waals surface area contributed by atoms with Crippen molar-refractivity contribution in [1.29, 1.82) is 0 Å². The van der Waals surface area contributed by atoms with E-state index in [4.69, 9.17) is 20.4 Å². The number of rotatable bonds is 3. The number of hydrogen-bond donors (Lipinski definition) is 1. The van der Waals surface area contributed by atoms with Crippen LogP contribution in [0.15, 0.2) is 64.0 Å². The maximum absolute atomic E-state index is 6.22. The van der Waals surface area contributed by atoms with Crippen molar-refractivity contribution in [3.63, 3.8) is 0 Å². The van der Waals surface area contributed by atoms with Gasteiger partial charge < -0.3 is 13.8 Å². The molecule has 1 aromatic carbocycles. The summed E-state index contributed by atoms with van der Waals surface area (Å²) < 4.78 is 11.0. The largest absolute Gasteiger partial charge is 0.472 e. The standard InChI is InChI=1S/C20H17ClN2O2/c21-14-3-4-17-16(10-14)15-5-7-23(11-13-6-9-24-12-13)20(19(15)22-17)18-2-1-8-25-18/h1-4,6,8-10,12,20,22H,5,7,11H2. The van der Waals surface area contributed by atoms with E-state index < -0.39 is 0 Å². The number of benzene rings is 1. The topological polar surface area (TPSA) is 45.3 Å². The number of H-pyrrole nitrogens is 1. The van der Waals surface area contributed by atoms with Gasteiger partial charge in [-0.25, -0.2) is 0 Å². The predicted molar refractivity (Wildman–Crippen MR) is 96.7 cm³/mol. The molecule has 0 fully saturated rings. The van der Waals surface area contributed by atoms with Crippen molar-refractivity contribution in [2.75, 3.05) is 6.54 Å². The number of nitrogens with one attached hydrogen (secondary N) is 1. The van der Waals surface area contributed by atoms with Crippen LogP contribution in [0, 0.1) is 0 Å². The van der Waals surface area contributed by atoms with Gasteiger partial charge >= 0.3 is 0 Å². The first kappa shape index (κ1) is 14.9. The number of aromatic amines is 1. The van der Waals surface area contributed by atoms with Gasteiger partial charge in [0.05, 0.1) is 18.8 Å². The number of hydrogen-bond acceptors (Lipinski definition) is 3. The highest BCUT2D eigenvalue weighted by atomic mass is 35.5. The summed E-state index contributed by atoms with van der Waals surface area (Å²) in [5, 5.41) is 1.98. The molecule has 4 heterocycles. The molecule has 1 unspecified atom stereocenters. The lowest BCUT2D eigenvalue weighted by molar-refractivity contribution is 0.180. The van der Waals surface area contributed by atoms with Crippen LogP contribution in [0.4, 0.5) is 0 Å². The molecule has 0 saturated heterocycles. The molecule has 0 saturated carbocycles. The maximum Gasteiger partial charge on any atom is 0.126 e. The van der Waals surface area contributed by atoms with E-state index in [1.54, 1.807) is 18.8 Å². The van der Waals surface area contributed by atoms with E-state index in [2.05, 4.69) is 22.0 Å². The Kier molecular flexibility index (Phi) is 3.47. The van der Waals surface area contributed by atoms with Gasteiger partial charge in [0.25, 0.3) is 0 Å². The van der Waals surface area contributed by atoms with Gasteiger partial charge in [-0.3, -0.25) is 4.90 Å². The lowest BCUT2D eigenvalue weighted by Gasteiger charge is -2.34. The van der Waals surface area contributed by atoms with Gasteiger partial charge in [-0.15, -0.1) is 0 Å². The zero-order valence-corrected chi connectivity index (χ0v) is 14.3. The Bertz CT molecular complexity index is 1000. The van der Waals surface area contributed by atoms with Crippen molar-refractivity contribution in [1.82, 2.24) is 9.88 Å². The highest BCUT2D eigenvalue weighted by Crippen LogP contribution is 2.39. The van der Waals surface area contributed by atoms with E-state index >= 15 is 0 Å². The van der Waals surface area contributed by atoms with Gasteiger partial charge in [0, 0.05) is 40.3 Å². The molecule has 4 aromatic rings. The summed E-state index contributed by atoms with van der Waals surface area (Å²) in [6.07, 6.45) is 6.24. The lowest BCUT2D eigenvalue weighted by atomic mass is 9.95. The van der Waals surface area contributed by atoms with Gasteiger partial charge in [-0.2, -0.15) is 0 Å². The van der Waals surface area contributed by atoms with Crippen LogP contribution in [0.3, 0.4) is 0 Å². The minimum atomic E-state index is 0.0554. The van der Waals surface area contributed by atoms with Crippen LogP contribution < -0.4 is 0 Å². The molecule has 0 spiro atoms. The van der Waals surface area contributed by atoms with Gasteiger partial charge in [-0.05, 0) is 48.4 Å². The van der Waals surface area contributed by atoms with Crippen LogP contribution in [0.1, 0.15) is 28.6 Å². The van der Waals surface area contributed by atoms with Gasteiger partial charge in [0.1, 0.15) is 11.8 Å². The molecule has 0 bridgehead atoms. The average molecular weight is 353 g/mol. The molecule has 1 aliphatic rings. The fourth-order valence-corrected chi connectivity index (χ4v) is 4.04. The van der Waals surface area contributed by atoms with Gasteiger partial charge in [0.2, 0.25) is 0 Å². The van der Waals surface area contributed by atoms with Crippen molar-refractivity contribution < 1.29 is 8.83 Å². The Balaban J connectivity index is 1.64. The molecule has 1 atom stereocenters. The fourth-order valence-electron chi connectivity index (χ4n) is 3.87. The molecular weight excluding hydrogens is 336 g/mol. The van der Waals surface area contributed by atoms with E-state index in [1.807, 2.05) is 24.3 Å². The third-order valence-electron chi connectivity index (χ3n) is 4.97. The molecule has 1 N–H and O–H groups in total. The van der Waals surface area contributed by atoms with E-state index in [0.717, 1.165) is 35.8 Å². The summed E-state index contributed by atoms with van der Waals surface area (Å²) in [6.45, 7) is 1.76. The van der Waals surface area contributed by atoms with Gasteiger partial charge in [0.15, 0.2) is 0 Å². The third kappa shape index (κ3) is 2.49. The van der Waals surface area contributed by atoms with Crippen molar-refractivity contribution in [3.8, 4) is 0 Å². The zero-order chi connectivity index (χ0) is 16.8. The Morgan fingerprint density at radius 2 is 2.16 bits per heavy atom. The first-order valence-corrected chi connectivity index (χ1v) is 8.76. The summed E-state index contributed by atoms with van der Waals surface area (Å²) in [4.78, 5) is 6.03. The second-order valence-corrected chi connectivity index (χ2v) is 6.91. The zero-order valence-electron chi connectivity index (χ0n) is 13.5. The molecule has 1 aliphatic heterocycles. The summed E-state index contributed by atoms with van der Waals surface area (Å²) >= 11 is 6.22. The predicted octanol–water partition coefficient (Wildman–Crippen LogP) is 5.16. The smallest absolute Gasteiger partial charge is 0.126 e.